The molecule has 6 heteroatoms. The third-order valence-corrected chi connectivity index (χ3v) is 3.17. The summed E-state index contributed by atoms with van der Waals surface area (Å²) in [5, 5.41) is 10.1. The Kier molecular flexibility index (Phi) is 6.15. The first kappa shape index (κ1) is 15.0. The SMILES string of the molecule is CNCC(=O)NCc1ccn(C2CCCC2)n1.Cl. The lowest BCUT2D eigenvalue weighted by molar-refractivity contribution is -0.120. The number of amides is 1. The van der Waals surface area contributed by atoms with Gasteiger partial charge < -0.3 is 10.6 Å². The van der Waals surface area contributed by atoms with Gasteiger partial charge >= 0.3 is 0 Å². The molecule has 0 unspecified atom stereocenters. The summed E-state index contributed by atoms with van der Waals surface area (Å²) in [5.41, 5.74) is 0.932. The minimum absolute atomic E-state index is 0. The molecule has 1 aromatic heterocycles. The zero-order valence-electron chi connectivity index (χ0n) is 10.7. The molecule has 0 spiro atoms. The van der Waals surface area contributed by atoms with Gasteiger partial charge in [-0.2, -0.15) is 5.10 Å². The molecule has 1 fully saturated rings. The van der Waals surface area contributed by atoms with E-state index < -0.39 is 0 Å². The summed E-state index contributed by atoms with van der Waals surface area (Å²) in [6.07, 6.45) is 7.09. The highest BCUT2D eigenvalue weighted by Crippen LogP contribution is 2.28. The Labute approximate surface area is 114 Å². The highest BCUT2D eigenvalue weighted by atomic mass is 35.5. The Morgan fingerprint density at radius 2 is 2.22 bits per heavy atom. The molecule has 0 aliphatic heterocycles. The van der Waals surface area contributed by atoms with Crippen LogP contribution in [0.25, 0.3) is 0 Å². The van der Waals surface area contributed by atoms with E-state index in [2.05, 4.69) is 15.7 Å². The maximum Gasteiger partial charge on any atom is 0.234 e. The van der Waals surface area contributed by atoms with Crippen molar-refractivity contribution in [3.05, 3.63) is 18.0 Å². The largest absolute Gasteiger partial charge is 0.349 e. The second-order valence-corrected chi connectivity index (χ2v) is 4.53. The number of rotatable bonds is 5. The van der Waals surface area contributed by atoms with Crippen molar-refractivity contribution in [3.8, 4) is 0 Å². The zero-order valence-corrected chi connectivity index (χ0v) is 11.5. The summed E-state index contributed by atoms with van der Waals surface area (Å²) in [5.74, 6) is 0.00270. The van der Waals surface area contributed by atoms with Crippen molar-refractivity contribution in [1.82, 2.24) is 20.4 Å². The standard InChI is InChI=1S/C12H20N4O.ClH/c1-13-9-12(17)14-8-10-6-7-16(15-10)11-4-2-3-5-11;/h6-7,11,13H,2-5,8-9H2,1H3,(H,14,17);1H. The lowest BCUT2D eigenvalue weighted by Gasteiger charge is -2.08. The monoisotopic (exact) mass is 272 g/mol. The summed E-state index contributed by atoms with van der Waals surface area (Å²) in [4.78, 5) is 11.3. The van der Waals surface area contributed by atoms with Crippen LogP contribution in [0.1, 0.15) is 37.4 Å². The van der Waals surface area contributed by atoms with Crippen molar-refractivity contribution in [3.63, 3.8) is 0 Å². The van der Waals surface area contributed by atoms with E-state index in [1.807, 2.05) is 16.9 Å². The van der Waals surface area contributed by atoms with Gasteiger partial charge in [-0.1, -0.05) is 12.8 Å². The molecule has 0 radical (unpaired) electrons. The van der Waals surface area contributed by atoms with Crippen LogP contribution in [0.4, 0.5) is 0 Å². The molecule has 1 aliphatic rings. The topological polar surface area (TPSA) is 59.0 Å². The minimum Gasteiger partial charge on any atom is -0.349 e. The highest BCUT2D eigenvalue weighted by Gasteiger charge is 2.17. The fourth-order valence-corrected chi connectivity index (χ4v) is 2.26. The van der Waals surface area contributed by atoms with Crippen molar-refractivity contribution in [2.75, 3.05) is 13.6 Å². The van der Waals surface area contributed by atoms with Crippen LogP contribution in [0.3, 0.4) is 0 Å². The third kappa shape index (κ3) is 3.99. The van der Waals surface area contributed by atoms with E-state index >= 15 is 0 Å². The minimum atomic E-state index is 0. The molecule has 5 nitrogen and oxygen atoms in total. The number of carbonyl (C=O) groups excluding carboxylic acids is 1. The van der Waals surface area contributed by atoms with Gasteiger partial charge in [0.25, 0.3) is 0 Å². The van der Waals surface area contributed by atoms with Gasteiger partial charge in [0.2, 0.25) is 5.91 Å². The average Bonchev–Trinajstić information content (AvgIpc) is 2.97. The van der Waals surface area contributed by atoms with E-state index in [1.165, 1.54) is 25.7 Å². The van der Waals surface area contributed by atoms with Gasteiger partial charge in [0.1, 0.15) is 0 Å². The summed E-state index contributed by atoms with van der Waals surface area (Å²) in [7, 11) is 1.76. The van der Waals surface area contributed by atoms with Crippen LogP contribution in [0.2, 0.25) is 0 Å². The summed E-state index contributed by atoms with van der Waals surface area (Å²) in [6, 6.07) is 2.55. The number of carbonyl (C=O) groups is 1. The molecule has 2 N–H and O–H groups in total. The molecular formula is C12H21ClN4O. The lowest BCUT2D eigenvalue weighted by atomic mass is 10.3. The number of hydrogen-bond donors (Lipinski definition) is 2. The predicted molar refractivity (Wildman–Crippen MR) is 72.8 cm³/mol. The molecule has 1 aliphatic carbocycles. The van der Waals surface area contributed by atoms with Gasteiger partial charge in [-0.25, -0.2) is 0 Å². The second-order valence-electron chi connectivity index (χ2n) is 4.53. The smallest absolute Gasteiger partial charge is 0.234 e. The van der Waals surface area contributed by atoms with Crippen molar-refractivity contribution < 1.29 is 4.79 Å². The van der Waals surface area contributed by atoms with Gasteiger partial charge in [0, 0.05) is 6.20 Å². The molecule has 1 heterocycles. The first-order valence-corrected chi connectivity index (χ1v) is 6.25. The van der Waals surface area contributed by atoms with Crippen LogP contribution in [-0.2, 0) is 11.3 Å². The summed E-state index contributed by atoms with van der Waals surface area (Å²) >= 11 is 0. The van der Waals surface area contributed by atoms with E-state index in [4.69, 9.17) is 0 Å². The Morgan fingerprint density at radius 1 is 1.50 bits per heavy atom. The van der Waals surface area contributed by atoms with Crippen LogP contribution < -0.4 is 10.6 Å². The maximum absolute atomic E-state index is 11.3. The van der Waals surface area contributed by atoms with E-state index in [-0.39, 0.29) is 18.3 Å². The Morgan fingerprint density at radius 3 is 2.89 bits per heavy atom. The number of halogens is 1. The molecule has 1 aromatic rings. The zero-order chi connectivity index (χ0) is 12.1. The Hall–Kier alpha value is -1.07. The fourth-order valence-electron chi connectivity index (χ4n) is 2.26. The van der Waals surface area contributed by atoms with E-state index in [9.17, 15) is 4.79 Å². The first-order chi connectivity index (χ1) is 8.29. The average molecular weight is 273 g/mol. The van der Waals surface area contributed by atoms with Crippen LogP contribution in [0.15, 0.2) is 12.3 Å². The number of aromatic nitrogens is 2. The lowest BCUT2D eigenvalue weighted by Crippen LogP contribution is -2.31. The van der Waals surface area contributed by atoms with Gasteiger partial charge in [-0.05, 0) is 26.0 Å². The van der Waals surface area contributed by atoms with E-state index in [0.717, 1.165) is 5.69 Å². The molecule has 102 valence electrons. The highest BCUT2D eigenvalue weighted by molar-refractivity contribution is 5.85. The van der Waals surface area contributed by atoms with Crippen molar-refractivity contribution >= 4 is 18.3 Å². The summed E-state index contributed by atoms with van der Waals surface area (Å²) in [6.45, 7) is 0.865. The molecule has 0 saturated heterocycles. The molecule has 18 heavy (non-hydrogen) atoms. The summed E-state index contributed by atoms with van der Waals surface area (Å²) < 4.78 is 2.05. The number of likely N-dealkylation sites (N-methyl/N-ethyl adjacent to an activating group) is 1. The fraction of sp³-hybridized carbons (Fsp3) is 0.667. The van der Waals surface area contributed by atoms with Crippen molar-refractivity contribution in [2.24, 2.45) is 0 Å². The van der Waals surface area contributed by atoms with Crippen molar-refractivity contribution in [2.45, 2.75) is 38.3 Å². The first-order valence-electron chi connectivity index (χ1n) is 6.25. The Balaban J connectivity index is 0.00000162. The predicted octanol–water partition coefficient (Wildman–Crippen LogP) is 1.26. The normalized spacial score (nSPS) is 15.4. The van der Waals surface area contributed by atoms with Crippen molar-refractivity contribution in [1.29, 1.82) is 0 Å². The molecule has 2 rings (SSSR count). The van der Waals surface area contributed by atoms with E-state index in [1.54, 1.807) is 7.05 Å². The van der Waals surface area contributed by atoms with Gasteiger partial charge in [0.15, 0.2) is 0 Å². The van der Waals surface area contributed by atoms with Gasteiger partial charge in [-0.3, -0.25) is 9.48 Å². The third-order valence-electron chi connectivity index (χ3n) is 3.17. The maximum atomic E-state index is 11.3. The molecule has 0 bridgehead atoms. The van der Waals surface area contributed by atoms with Crippen LogP contribution in [0.5, 0.6) is 0 Å². The quantitative estimate of drug-likeness (QED) is 0.848. The molecular weight excluding hydrogens is 252 g/mol. The van der Waals surface area contributed by atoms with Gasteiger partial charge in [-0.15, -0.1) is 12.4 Å². The van der Waals surface area contributed by atoms with E-state index in [0.29, 0.717) is 19.1 Å². The number of hydrogen-bond acceptors (Lipinski definition) is 3. The Bertz CT molecular complexity index is 374. The van der Waals surface area contributed by atoms with Gasteiger partial charge in [0.05, 0.1) is 24.8 Å². The molecule has 0 atom stereocenters. The number of nitrogens with one attached hydrogen (secondary N) is 2. The molecule has 1 saturated carbocycles. The molecule has 1 amide bonds. The number of nitrogens with zero attached hydrogens (tertiary/aromatic N) is 2. The van der Waals surface area contributed by atoms with Crippen LogP contribution in [-0.4, -0.2) is 29.3 Å². The van der Waals surface area contributed by atoms with Crippen LogP contribution in [0, 0.1) is 0 Å². The van der Waals surface area contributed by atoms with Crippen LogP contribution >= 0.6 is 12.4 Å². The second kappa shape index (κ2) is 7.38. The molecule has 0 aromatic carbocycles.